The number of nitrogens with zero attached hydrogens (tertiary/aromatic N) is 2. The highest BCUT2D eigenvalue weighted by Crippen LogP contribution is 2.17. The first-order valence-electron chi connectivity index (χ1n) is 8.91. The van der Waals surface area contributed by atoms with E-state index in [2.05, 4.69) is 22.4 Å². The summed E-state index contributed by atoms with van der Waals surface area (Å²) in [7, 11) is 0. The van der Waals surface area contributed by atoms with E-state index in [0.717, 1.165) is 22.7 Å². The second-order valence-corrected chi connectivity index (χ2v) is 7.03. The highest BCUT2D eigenvalue weighted by molar-refractivity contribution is 7.15. The molecule has 0 saturated carbocycles. The van der Waals surface area contributed by atoms with Crippen molar-refractivity contribution in [3.05, 3.63) is 76.6 Å². The zero-order valence-corrected chi connectivity index (χ0v) is 16.2. The fourth-order valence-corrected chi connectivity index (χ4v) is 3.10. The summed E-state index contributed by atoms with van der Waals surface area (Å²) in [6.45, 7) is 2.60. The number of rotatable bonds is 8. The molecule has 0 spiro atoms. The van der Waals surface area contributed by atoms with Crippen LogP contribution in [0.4, 0.5) is 9.52 Å². The van der Waals surface area contributed by atoms with E-state index in [1.807, 2.05) is 24.3 Å². The van der Waals surface area contributed by atoms with Crippen LogP contribution in [-0.2, 0) is 17.6 Å². The Morgan fingerprint density at radius 1 is 1.14 bits per heavy atom. The molecule has 5 nitrogen and oxygen atoms in total. The molecule has 0 aliphatic heterocycles. The van der Waals surface area contributed by atoms with Crippen molar-refractivity contribution < 1.29 is 13.9 Å². The van der Waals surface area contributed by atoms with Crippen LogP contribution in [0, 0.1) is 5.82 Å². The molecule has 1 N–H and O–H groups in total. The van der Waals surface area contributed by atoms with Crippen LogP contribution in [0.25, 0.3) is 6.08 Å². The molecule has 0 aliphatic carbocycles. The molecule has 3 rings (SSSR count). The number of ether oxygens (including phenoxy) is 1. The van der Waals surface area contributed by atoms with Crippen molar-refractivity contribution in [2.75, 3.05) is 11.9 Å². The number of hydrogen-bond donors (Lipinski definition) is 1. The van der Waals surface area contributed by atoms with Crippen molar-refractivity contribution in [2.24, 2.45) is 0 Å². The van der Waals surface area contributed by atoms with Gasteiger partial charge in [-0.1, -0.05) is 42.5 Å². The van der Waals surface area contributed by atoms with E-state index in [0.29, 0.717) is 18.2 Å². The van der Waals surface area contributed by atoms with Crippen LogP contribution in [0.5, 0.6) is 5.75 Å². The van der Waals surface area contributed by atoms with E-state index in [9.17, 15) is 9.18 Å². The molecule has 144 valence electrons. The van der Waals surface area contributed by atoms with E-state index >= 15 is 0 Å². The zero-order valence-electron chi connectivity index (χ0n) is 15.4. The highest BCUT2D eigenvalue weighted by atomic mass is 32.1. The number of benzene rings is 2. The summed E-state index contributed by atoms with van der Waals surface area (Å²) in [4.78, 5) is 12.0. The normalized spacial score (nSPS) is 10.9. The molecule has 0 aliphatic rings. The standard InChI is InChI=1S/C21H20FN3O2S/c1-2-15-5-10-18(11-6-15)27-14-13-20-24-25-21(28-20)23-19(26)12-7-16-3-8-17(22)9-4-16/h3-12H,2,13-14H2,1H3,(H,23,25,26)/b12-7+. The summed E-state index contributed by atoms with van der Waals surface area (Å²) in [5, 5.41) is 11.9. The van der Waals surface area contributed by atoms with Crippen molar-refractivity contribution in [3.63, 3.8) is 0 Å². The lowest BCUT2D eigenvalue weighted by atomic mass is 10.2. The molecule has 0 saturated heterocycles. The Bertz CT molecular complexity index is 937. The van der Waals surface area contributed by atoms with E-state index in [4.69, 9.17) is 4.74 Å². The fourth-order valence-electron chi connectivity index (χ4n) is 2.38. The summed E-state index contributed by atoms with van der Waals surface area (Å²) >= 11 is 1.31. The number of aromatic nitrogens is 2. The molecule has 1 amide bonds. The summed E-state index contributed by atoms with van der Waals surface area (Å²) < 4.78 is 18.6. The number of aryl methyl sites for hydroxylation is 1. The van der Waals surface area contributed by atoms with Gasteiger partial charge in [0.25, 0.3) is 0 Å². The van der Waals surface area contributed by atoms with Gasteiger partial charge >= 0.3 is 0 Å². The molecule has 28 heavy (non-hydrogen) atoms. The summed E-state index contributed by atoms with van der Waals surface area (Å²) in [6.07, 6.45) is 4.58. The van der Waals surface area contributed by atoms with E-state index < -0.39 is 0 Å². The van der Waals surface area contributed by atoms with Crippen molar-refractivity contribution in [3.8, 4) is 5.75 Å². The molecule has 0 radical (unpaired) electrons. The third-order valence-corrected chi connectivity index (χ3v) is 4.81. The van der Waals surface area contributed by atoms with Crippen LogP contribution in [-0.4, -0.2) is 22.7 Å². The van der Waals surface area contributed by atoms with Gasteiger partial charge in [0.1, 0.15) is 16.6 Å². The number of halogens is 1. The van der Waals surface area contributed by atoms with Crippen LogP contribution in [0.15, 0.2) is 54.6 Å². The monoisotopic (exact) mass is 397 g/mol. The minimum Gasteiger partial charge on any atom is -0.493 e. The SMILES string of the molecule is CCc1ccc(OCCc2nnc(NC(=O)/C=C/c3ccc(F)cc3)s2)cc1. The Kier molecular flexibility index (Phi) is 6.86. The highest BCUT2D eigenvalue weighted by Gasteiger charge is 2.07. The molecule has 2 aromatic carbocycles. The number of nitrogens with one attached hydrogen (secondary N) is 1. The van der Waals surface area contributed by atoms with E-state index in [-0.39, 0.29) is 11.7 Å². The molecular weight excluding hydrogens is 377 g/mol. The minimum absolute atomic E-state index is 0.315. The largest absolute Gasteiger partial charge is 0.493 e. The van der Waals surface area contributed by atoms with Gasteiger partial charge in [0, 0.05) is 12.5 Å². The lowest BCUT2D eigenvalue weighted by Gasteiger charge is -2.05. The Morgan fingerprint density at radius 3 is 2.61 bits per heavy atom. The first kappa shape index (κ1) is 19.7. The Morgan fingerprint density at radius 2 is 1.89 bits per heavy atom. The van der Waals surface area contributed by atoms with Gasteiger partial charge in [-0.3, -0.25) is 10.1 Å². The summed E-state index contributed by atoms with van der Waals surface area (Å²) in [6, 6.07) is 13.9. The van der Waals surface area contributed by atoms with Gasteiger partial charge in [0.15, 0.2) is 0 Å². The first-order valence-corrected chi connectivity index (χ1v) is 9.73. The van der Waals surface area contributed by atoms with Crippen LogP contribution in [0.3, 0.4) is 0 Å². The van der Waals surface area contributed by atoms with Gasteiger partial charge in [-0.2, -0.15) is 0 Å². The van der Waals surface area contributed by atoms with Crippen molar-refractivity contribution in [1.82, 2.24) is 10.2 Å². The summed E-state index contributed by atoms with van der Waals surface area (Å²) in [5.41, 5.74) is 2.00. The third kappa shape index (κ3) is 5.99. The van der Waals surface area contributed by atoms with Crippen LogP contribution in [0.1, 0.15) is 23.1 Å². The molecule has 0 unspecified atom stereocenters. The molecule has 3 aromatic rings. The van der Waals surface area contributed by atoms with Crippen LogP contribution >= 0.6 is 11.3 Å². The minimum atomic E-state index is -0.320. The van der Waals surface area contributed by atoms with Crippen molar-refractivity contribution >= 4 is 28.5 Å². The maximum atomic E-state index is 12.9. The van der Waals surface area contributed by atoms with Gasteiger partial charge in [0.2, 0.25) is 11.0 Å². The topological polar surface area (TPSA) is 64.1 Å². The maximum absolute atomic E-state index is 12.9. The van der Waals surface area contributed by atoms with Crippen LogP contribution in [0.2, 0.25) is 0 Å². The van der Waals surface area contributed by atoms with Gasteiger partial charge in [-0.25, -0.2) is 4.39 Å². The second-order valence-electron chi connectivity index (χ2n) is 5.97. The number of amides is 1. The van der Waals surface area contributed by atoms with E-state index in [1.54, 1.807) is 18.2 Å². The second kappa shape index (κ2) is 9.75. The molecule has 1 heterocycles. The first-order chi connectivity index (χ1) is 13.6. The predicted octanol–water partition coefficient (Wildman–Crippen LogP) is 4.51. The average molecular weight is 397 g/mol. The Balaban J connectivity index is 1.45. The van der Waals surface area contributed by atoms with Gasteiger partial charge in [0.05, 0.1) is 6.61 Å². The van der Waals surface area contributed by atoms with Gasteiger partial charge < -0.3 is 4.74 Å². The van der Waals surface area contributed by atoms with E-state index in [1.165, 1.54) is 35.1 Å². The smallest absolute Gasteiger partial charge is 0.250 e. The number of carbonyl (C=O) groups is 1. The molecule has 1 aromatic heterocycles. The number of carbonyl (C=O) groups excluding carboxylic acids is 1. The maximum Gasteiger partial charge on any atom is 0.250 e. The number of anilines is 1. The molecule has 0 atom stereocenters. The quantitative estimate of drug-likeness (QED) is 0.568. The summed E-state index contributed by atoms with van der Waals surface area (Å²) in [5.74, 6) is 0.186. The zero-order chi connectivity index (χ0) is 19.8. The van der Waals surface area contributed by atoms with Crippen molar-refractivity contribution in [2.45, 2.75) is 19.8 Å². The molecular formula is C21H20FN3O2S. The lowest BCUT2D eigenvalue weighted by Crippen LogP contribution is -2.07. The predicted molar refractivity (Wildman–Crippen MR) is 109 cm³/mol. The Hall–Kier alpha value is -3.06. The average Bonchev–Trinajstić information content (AvgIpc) is 3.15. The van der Waals surface area contributed by atoms with Crippen molar-refractivity contribution in [1.29, 1.82) is 0 Å². The lowest BCUT2D eigenvalue weighted by molar-refractivity contribution is -0.111. The van der Waals surface area contributed by atoms with Crippen LogP contribution < -0.4 is 10.1 Å². The molecule has 0 bridgehead atoms. The van der Waals surface area contributed by atoms with Gasteiger partial charge in [-0.15, -0.1) is 10.2 Å². The molecule has 0 fully saturated rings. The molecule has 7 heteroatoms. The van der Waals surface area contributed by atoms with Gasteiger partial charge in [-0.05, 0) is 47.9 Å². The fraction of sp³-hybridized carbons (Fsp3) is 0.190. The Labute approximate surface area is 166 Å². The number of hydrogen-bond acceptors (Lipinski definition) is 5. The third-order valence-electron chi connectivity index (χ3n) is 3.91.